The van der Waals surface area contributed by atoms with Gasteiger partial charge >= 0.3 is 7.60 Å². The van der Waals surface area contributed by atoms with Crippen LogP contribution in [0.4, 0.5) is 0 Å². The number of benzene rings is 1. The molecule has 0 saturated heterocycles. The summed E-state index contributed by atoms with van der Waals surface area (Å²) in [4.78, 5) is 0. The van der Waals surface area contributed by atoms with Crippen LogP contribution in [0.5, 0.6) is 5.75 Å². The van der Waals surface area contributed by atoms with Crippen LogP contribution in [0, 0.1) is 0 Å². The standard InChI is InChI=1S/C14H19O4P/c1-12(9-10-19(15,17-3)18-4)11-13-5-7-14(16-2)8-6-13/h5-8,10H,11H2,1-4H3. The lowest BCUT2D eigenvalue weighted by atomic mass is 10.1. The first kappa shape index (κ1) is 15.7. The number of allylic oxidation sites excluding steroid dienone is 1. The van der Waals surface area contributed by atoms with Gasteiger partial charge in [-0.2, -0.15) is 0 Å². The molecule has 0 spiro atoms. The lowest BCUT2D eigenvalue weighted by Crippen LogP contribution is -1.88. The minimum absolute atomic E-state index is 0.716. The molecular formula is C14H19O4P. The van der Waals surface area contributed by atoms with Crippen LogP contribution in [0.15, 0.2) is 41.4 Å². The molecule has 1 aromatic rings. The van der Waals surface area contributed by atoms with Crippen LogP contribution in [0.1, 0.15) is 12.5 Å². The summed E-state index contributed by atoms with van der Waals surface area (Å²) in [5.74, 6) is 2.18. The van der Waals surface area contributed by atoms with Gasteiger partial charge in [0.1, 0.15) is 5.75 Å². The molecule has 0 aliphatic rings. The first-order chi connectivity index (χ1) is 9.03. The van der Waals surface area contributed by atoms with E-state index >= 15 is 0 Å². The molecule has 4 nitrogen and oxygen atoms in total. The van der Waals surface area contributed by atoms with E-state index in [1.165, 1.54) is 20.0 Å². The molecule has 0 aliphatic heterocycles. The van der Waals surface area contributed by atoms with Crippen molar-refractivity contribution in [3.8, 4) is 5.75 Å². The van der Waals surface area contributed by atoms with Gasteiger partial charge in [0, 0.05) is 20.6 Å². The Kier molecular flexibility index (Phi) is 6.07. The molecule has 0 aromatic heterocycles. The third-order valence-corrected chi connectivity index (χ3v) is 4.07. The molecular weight excluding hydrogens is 263 g/mol. The molecule has 19 heavy (non-hydrogen) atoms. The quantitative estimate of drug-likeness (QED) is 0.588. The molecule has 0 aliphatic carbocycles. The predicted molar refractivity (Wildman–Crippen MR) is 75.6 cm³/mol. The van der Waals surface area contributed by atoms with Crippen LogP contribution in [0.3, 0.4) is 0 Å². The minimum Gasteiger partial charge on any atom is -0.497 e. The van der Waals surface area contributed by atoms with Crippen molar-refractivity contribution < 1.29 is 18.3 Å². The molecule has 0 heterocycles. The highest BCUT2D eigenvalue weighted by Crippen LogP contribution is 2.47. The maximum absolute atomic E-state index is 11.8. The second-order valence-electron chi connectivity index (χ2n) is 3.98. The van der Waals surface area contributed by atoms with E-state index in [0.29, 0.717) is 6.42 Å². The summed E-state index contributed by atoms with van der Waals surface area (Å²) in [7, 11) is 1.20. The van der Waals surface area contributed by atoms with Gasteiger partial charge in [0.15, 0.2) is 0 Å². The summed E-state index contributed by atoms with van der Waals surface area (Å²) in [6.07, 6.45) is 0.716. The molecule has 0 amide bonds. The van der Waals surface area contributed by atoms with E-state index in [1.54, 1.807) is 7.11 Å². The fourth-order valence-corrected chi connectivity index (χ4v) is 2.21. The van der Waals surface area contributed by atoms with Crippen LogP contribution >= 0.6 is 7.60 Å². The fraction of sp³-hybridized carbons (Fsp3) is 0.357. The fourth-order valence-electron chi connectivity index (χ4n) is 1.47. The highest BCUT2D eigenvalue weighted by molar-refractivity contribution is 7.57. The van der Waals surface area contributed by atoms with Gasteiger partial charge in [-0.1, -0.05) is 12.1 Å². The Morgan fingerprint density at radius 2 is 1.79 bits per heavy atom. The highest BCUT2D eigenvalue weighted by Gasteiger charge is 2.15. The summed E-state index contributed by atoms with van der Waals surface area (Å²) < 4.78 is 26.5. The Morgan fingerprint density at radius 3 is 2.26 bits per heavy atom. The van der Waals surface area contributed by atoms with Crippen LogP contribution in [-0.2, 0) is 20.0 Å². The van der Waals surface area contributed by atoms with Crippen molar-refractivity contribution in [3.63, 3.8) is 0 Å². The lowest BCUT2D eigenvalue weighted by molar-refractivity contribution is 0.286. The van der Waals surface area contributed by atoms with Crippen molar-refractivity contribution in [2.75, 3.05) is 21.3 Å². The minimum atomic E-state index is -3.13. The Morgan fingerprint density at radius 1 is 1.21 bits per heavy atom. The van der Waals surface area contributed by atoms with Crippen molar-refractivity contribution in [3.05, 3.63) is 47.0 Å². The van der Waals surface area contributed by atoms with Gasteiger partial charge in [0.2, 0.25) is 0 Å². The molecule has 0 atom stereocenters. The van der Waals surface area contributed by atoms with Crippen LogP contribution in [0.2, 0.25) is 0 Å². The van der Waals surface area contributed by atoms with Gasteiger partial charge in [-0.05, 0) is 30.2 Å². The molecule has 0 unspecified atom stereocenters. The van der Waals surface area contributed by atoms with Gasteiger partial charge in [-0.25, -0.2) is 0 Å². The lowest BCUT2D eigenvalue weighted by Gasteiger charge is -2.06. The molecule has 104 valence electrons. The second kappa shape index (κ2) is 7.32. The van der Waals surface area contributed by atoms with E-state index < -0.39 is 7.60 Å². The Balaban J connectivity index is 2.80. The summed E-state index contributed by atoms with van der Waals surface area (Å²) in [6, 6.07) is 7.77. The zero-order chi connectivity index (χ0) is 14.3. The van der Waals surface area contributed by atoms with Gasteiger partial charge in [0.05, 0.1) is 12.9 Å². The third-order valence-electron chi connectivity index (χ3n) is 2.61. The molecule has 1 rings (SSSR count). The van der Waals surface area contributed by atoms with E-state index in [2.05, 4.69) is 5.73 Å². The molecule has 5 heteroatoms. The van der Waals surface area contributed by atoms with Crippen molar-refractivity contribution in [2.45, 2.75) is 13.3 Å². The number of hydrogen-bond donors (Lipinski definition) is 0. The first-order valence-electron chi connectivity index (χ1n) is 5.80. The van der Waals surface area contributed by atoms with E-state index in [9.17, 15) is 4.57 Å². The molecule has 0 radical (unpaired) electrons. The highest BCUT2D eigenvalue weighted by atomic mass is 31.2. The van der Waals surface area contributed by atoms with Gasteiger partial charge in [0.25, 0.3) is 0 Å². The summed E-state index contributed by atoms with van der Waals surface area (Å²) in [5, 5.41) is 0. The zero-order valence-electron chi connectivity index (χ0n) is 11.7. The monoisotopic (exact) mass is 282 g/mol. The number of methoxy groups -OCH3 is 1. The summed E-state index contributed by atoms with van der Waals surface area (Å²) >= 11 is 0. The first-order valence-corrected chi connectivity index (χ1v) is 7.41. The maximum Gasteiger partial charge on any atom is 0.361 e. The van der Waals surface area contributed by atoms with E-state index in [0.717, 1.165) is 16.9 Å². The molecule has 0 bridgehead atoms. The normalized spacial score (nSPS) is 10.7. The number of ether oxygens (including phenoxy) is 1. The van der Waals surface area contributed by atoms with Crippen molar-refractivity contribution >= 4 is 7.60 Å². The van der Waals surface area contributed by atoms with Crippen molar-refractivity contribution in [1.29, 1.82) is 0 Å². The largest absolute Gasteiger partial charge is 0.497 e. The molecule has 0 fully saturated rings. The summed E-state index contributed by atoms with van der Waals surface area (Å²) in [6.45, 7) is 1.91. The second-order valence-corrected chi connectivity index (χ2v) is 6.05. The predicted octanol–water partition coefficient (Wildman–Crippen LogP) is 3.78. The maximum atomic E-state index is 11.8. The Hall–Kier alpha value is -1.31. The molecule has 0 saturated carbocycles. The topological polar surface area (TPSA) is 44.8 Å². The average Bonchev–Trinajstić information content (AvgIpc) is 2.45. The Bertz CT molecular complexity index is 505. The van der Waals surface area contributed by atoms with Crippen LogP contribution < -0.4 is 4.74 Å². The summed E-state index contributed by atoms with van der Waals surface area (Å²) in [5.41, 5.74) is 5.02. The smallest absolute Gasteiger partial charge is 0.361 e. The van der Waals surface area contributed by atoms with Crippen LogP contribution in [-0.4, -0.2) is 21.3 Å². The SMILES string of the molecule is COc1ccc(CC(C)=C=CP(=O)(OC)OC)cc1. The zero-order valence-corrected chi connectivity index (χ0v) is 12.6. The number of hydrogen-bond acceptors (Lipinski definition) is 4. The van der Waals surface area contributed by atoms with E-state index in [-0.39, 0.29) is 0 Å². The van der Waals surface area contributed by atoms with Gasteiger partial charge in [-0.3, -0.25) is 4.57 Å². The Labute approximate surface area is 114 Å². The number of rotatable bonds is 6. The molecule has 1 aromatic carbocycles. The van der Waals surface area contributed by atoms with Crippen molar-refractivity contribution in [1.82, 2.24) is 0 Å². The van der Waals surface area contributed by atoms with E-state index in [1.807, 2.05) is 31.2 Å². The van der Waals surface area contributed by atoms with Gasteiger partial charge < -0.3 is 13.8 Å². The van der Waals surface area contributed by atoms with Gasteiger partial charge in [-0.15, -0.1) is 5.73 Å². The average molecular weight is 282 g/mol. The molecule has 0 N–H and O–H groups in total. The van der Waals surface area contributed by atoms with E-state index in [4.69, 9.17) is 13.8 Å². The third kappa shape index (κ3) is 5.06. The van der Waals surface area contributed by atoms with Crippen LogP contribution in [0.25, 0.3) is 0 Å². The van der Waals surface area contributed by atoms with Crippen molar-refractivity contribution in [2.24, 2.45) is 0 Å².